The fourth-order valence-corrected chi connectivity index (χ4v) is 1.65. The van der Waals surface area contributed by atoms with Gasteiger partial charge in [0, 0.05) is 5.56 Å². The molecule has 0 aliphatic carbocycles. The molecular formula is C15H20O4. The van der Waals surface area contributed by atoms with Gasteiger partial charge in [0.1, 0.15) is 5.75 Å². The van der Waals surface area contributed by atoms with Gasteiger partial charge in [0.15, 0.2) is 11.9 Å². The highest BCUT2D eigenvalue weighted by Gasteiger charge is 2.20. The summed E-state index contributed by atoms with van der Waals surface area (Å²) in [5.74, 6) is 0.221. The van der Waals surface area contributed by atoms with Crippen LogP contribution in [0, 0.1) is 0 Å². The molecule has 104 valence electrons. The Kier molecular flexibility index (Phi) is 6.06. The first kappa shape index (κ1) is 15.2. The zero-order chi connectivity index (χ0) is 14.3. The monoisotopic (exact) mass is 264 g/mol. The molecule has 0 aromatic heterocycles. The first-order valence-corrected chi connectivity index (χ1v) is 6.52. The third kappa shape index (κ3) is 4.73. The Morgan fingerprint density at radius 1 is 1.16 bits per heavy atom. The van der Waals surface area contributed by atoms with Crippen LogP contribution in [-0.2, 0) is 9.53 Å². The molecule has 4 nitrogen and oxygen atoms in total. The highest BCUT2D eigenvalue weighted by molar-refractivity contribution is 5.94. The number of rotatable bonds is 7. The minimum atomic E-state index is -0.590. The second-order valence-corrected chi connectivity index (χ2v) is 4.23. The van der Waals surface area contributed by atoms with Crippen LogP contribution in [0.5, 0.6) is 5.75 Å². The van der Waals surface area contributed by atoms with Crippen molar-refractivity contribution in [2.45, 2.75) is 39.7 Å². The molecule has 1 unspecified atom stereocenters. The Hall–Kier alpha value is -1.84. The van der Waals surface area contributed by atoms with Gasteiger partial charge in [-0.2, -0.15) is 0 Å². The van der Waals surface area contributed by atoms with Gasteiger partial charge in [0.05, 0.1) is 6.61 Å². The van der Waals surface area contributed by atoms with Gasteiger partial charge in [-0.3, -0.25) is 4.79 Å². The van der Waals surface area contributed by atoms with Crippen LogP contribution in [-0.4, -0.2) is 24.5 Å². The van der Waals surface area contributed by atoms with E-state index in [9.17, 15) is 9.59 Å². The standard InChI is InChI=1S/C15H20O4/c1-4-6-14(15(17)18-5-2)19-13-9-7-12(8-10-13)11(3)16/h7-10,14H,4-6H2,1-3H3. The molecule has 0 spiro atoms. The largest absolute Gasteiger partial charge is 0.479 e. The van der Waals surface area contributed by atoms with Crippen molar-refractivity contribution < 1.29 is 19.1 Å². The lowest BCUT2D eigenvalue weighted by atomic mass is 10.1. The van der Waals surface area contributed by atoms with E-state index in [1.807, 2.05) is 6.92 Å². The number of esters is 1. The summed E-state index contributed by atoms with van der Waals surface area (Å²) in [6.07, 6.45) is 0.843. The van der Waals surface area contributed by atoms with E-state index in [1.54, 1.807) is 31.2 Å². The molecule has 0 fully saturated rings. The van der Waals surface area contributed by atoms with Crippen molar-refractivity contribution >= 4 is 11.8 Å². The number of carbonyl (C=O) groups excluding carboxylic acids is 2. The van der Waals surface area contributed by atoms with E-state index in [4.69, 9.17) is 9.47 Å². The number of benzene rings is 1. The van der Waals surface area contributed by atoms with Crippen molar-refractivity contribution in [3.63, 3.8) is 0 Å². The molecule has 1 aromatic carbocycles. The van der Waals surface area contributed by atoms with Crippen LogP contribution >= 0.6 is 0 Å². The molecule has 0 aliphatic rings. The van der Waals surface area contributed by atoms with Crippen LogP contribution in [0.3, 0.4) is 0 Å². The van der Waals surface area contributed by atoms with Crippen LogP contribution in [0.25, 0.3) is 0 Å². The van der Waals surface area contributed by atoms with Crippen LogP contribution < -0.4 is 4.74 Å². The Morgan fingerprint density at radius 3 is 2.26 bits per heavy atom. The molecule has 4 heteroatoms. The average molecular weight is 264 g/mol. The molecule has 0 N–H and O–H groups in total. The topological polar surface area (TPSA) is 52.6 Å². The Balaban J connectivity index is 2.73. The molecular weight excluding hydrogens is 244 g/mol. The normalized spacial score (nSPS) is 11.7. The average Bonchev–Trinajstić information content (AvgIpc) is 2.39. The van der Waals surface area contributed by atoms with Gasteiger partial charge < -0.3 is 9.47 Å². The summed E-state index contributed by atoms with van der Waals surface area (Å²) in [5.41, 5.74) is 0.621. The second kappa shape index (κ2) is 7.56. The summed E-state index contributed by atoms with van der Waals surface area (Å²) in [6, 6.07) is 6.76. The third-order valence-corrected chi connectivity index (χ3v) is 2.64. The molecule has 1 rings (SSSR count). The SMILES string of the molecule is CCCC(Oc1ccc(C(C)=O)cc1)C(=O)OCC. The van der Waals surface area contributed by atoms with Gasteiger partial charge in [-0.05, 0) is 44.5 Å². The fourth-order valence-electron chi connectivity index (χ4n) is 1.65. The van der Waals surface area contributed by atoms with Crippen LogP contribution in [0.1, 0.15) is 44.0 Å². The summed E-state index contributed by atoms with van der Waals surface area (Å²) < 4.78 is 10.6. The van der Waals surface area contributed by atoms with Crippen molar-refractivity contribution in [3.05, 3.63) is 29.8 Å². The van der Waals surface area contributed by atoms with E-state index in [2.05, 4.69) is 0 Å². The summed E-state index contributed by atoms with van der Waals surface area (Å²) in [5, 5.41) is 0. The Morgan fingerprint density at radius 2 is 1.79 bits per heavy atom. The van der Waals surface area contributed by atoms with Gasteiger partial charge >= 0.3 is 5.97 Å². The predicted octanol–water partition coefficient (Wildman–Crippen LogP) is 3.00. The van der Waals surface area contributed by atoms with Gasteiger partial charge in [0.2, 0.25) is 0 Å². The number of ketones is 1. The minimum absolute atomic E-state index is 0.00190. The van der Waals surface area contributed by atoms with E-state index in [-0.39, 0.29) is 11.8 Å². The van der Waals surface area contributed by atoms with Crippen molar-refractivity contribution in [3.8, 4) is 5.75 Å². The van der Waals surface area contributed by atoms with E-state index >= 15 is 0 Å². The summed E-state index contributed by atoms with van der Waals surface area (Å²) in [4.78, 5) is 22.9. The van der Waals surface area contributed by atoms with Crippen molar-refractivity contribution in [2.24, 2.45) is 0 Å². The predicted molar refractivity (Wildman–Crippen MR) is 72.4 cm³/mol. The smallest absolute Gasteiger partial charge is 0.347 e. The molecule has 0 bridgehead atoms. The van der Waals surface area contributed by atoms with E-state index in [0.29, 0.717) is 24.3 Å². The number of ether oxygens (including phenoxy) is 2. The molecule has 0 aliphatic heterocycles. The molecule has 0 heterocycles. The maximum atomic E-state index is 11.7. The van der Waals surface area contributed by atoms with Crippen LogP contribution in [0.15, 0.2) is 24.3 Å². The van der Waals surface area contributed by atoms with Crippen LogP contribution in [0.4, 0.5) is 0 Å². The maximum absolute atomic E-state index is 11.7. The quantitative estimate of drug-likeness (QED) is 0.561. The number of carbonyl (C=O) groups is 2. The lowest BCUT2D eigenvalue weighted by molar-refractivity contribution is -0.151. The van der Waals surface area contributed by atoms with Gasteiger partial charge in [-0.25, -0.2) is 4.79 Å². The Labute approximate surface area is 113 Å². The summed E-state index contributed by atoms with van der Waals surface area (Å²) in [6.45, 7) is 5.59. The zero-order valence-electron chi connectivity index (χ0n) is 11.6. The highest BCUT2D eigenvalue weighted by Crippen LogP contribution is 2.16. The van der Waals surface area contributed by atoms with E-state index < -0.39 is 6.10 Å². The van der Waals surface area contributed by atoms with Gasteiger partial charge in [-0.1, -0.05) is 13.3 Å². The molecule has 1 atom stereocenters. The molecule has 19 heavy (non-hydrogen) atoms. The number of hydrogen-bond acceptors (Lipinski definition) is 4. The van der Waals surface area contributed by atoms with Crippen molar-refractivity contribution in [1.82, 2.24) is 0 Å². The van der Waals surface area contributed by atoms with Gasteiger partial charge in [-0.15, -0.1) is 0 Å². The van der Waals surface area contributed by atoms with E-state index in [0.717, 1.165) is 6.42 Å². The van der Waals surface area contributed by atoms with Crippen molar-refractivity contribution in [2.75, 3.05) is 6.61 Å². The summed E-state index contributed by atoms with van der Waals surface area (Å²) in [7, 11) is 0. The van der Waals surface area contributed by atoms with E-state index in [1.165, 1.54) is 6.92 Å². The first-order chi connectivity index (χ1) is 9.08. The number of hydrogen-bond donors (Lipinski definition) is 0. The fraction of sp³-hybridized carbons (Fsp3) is 0.467. The molecule has 0 saturated heterocycles. The molecule has 1 aromatic rings. The number of Topliss-reactive ketones (excluding diaryl/α,β-unsaturated/α-hetero) is 1. The summed E-state index contributed by atoms with van der Waals surface area (Å²) >= 11 is 0. The van der Waals surface area contributed by atoms with Gasteiger partial charge in [0.25, 0.3) is 0 Å². The Bertz CT molecular complexity index is 422. The molecule has 0 amide bonds. The minimum Gasteiger partial charge on any atom is -0.479 e. The van der Waals surface area contributed by atoms with Crippen LogP contribution in [0.2, 0.25) is 0 Å². The second-order valence-electron chi connectivity index (χ2n) is 4.23. The maximum Gasteiger partial charge on any atom is 0.347 e. The van der Waals surface area contributed by atoms with Crippen molar-refractivity contribution in [1.29, 1.82) is 0 Å². The lowest BCUT2D eigenvalue weighted by Crippen LogP contribution is -2.29. The zero-order valence-corrected chi connectivity index (χ0v) is 11.6. The third-order valence-electron chi connectivity index (χ3n) is 2.64. The first-order valence-electron chi connectivity index (χ1n) is 6.52. The molecule has 0 radical (unpaired) electrons. The molecule has 0 saturated carbocycles. The lowest BCUT2D eigenvalue weighted by Gasteiger charge is -2.17. The highest BCUT2D eigenvalue weighted by atomic mass is 16.6.